The van der Waals surface area contributed by atoms with Gasteiger partial charge in [0.15, 0.2) is 0 Å². The van der Waals surface area contributed by atoms with Gasteiger partial charge in [0, 0.05) is 31.7 Å². The maximum absolute atomic E-state index is 13.7. The van der Waals surface area contributed by atoms with Crippen molar-refractivity contribution in [3.05, 3.63) is 96.6 Å². The van der Waals surface area contributed by atoms with Crippen LogP contribution in [0.1, 0.15) is 5.56 Å². The number of hydrogen-bond donors (Lipinski definition) is 0. The van der Waals surface area contributed by atoms with Gasteiger partial charge >= 0.3 is 7.75 Å². The molecule has 0 bridgehead atoms. The molecule has 0 amide bonds. The predicted molar refractivity (Wildman–Crippen MR) is 115 cm³/mol. The SMILES string of the molecule is O=P(Oc1ccccc1)(Oc1ccccc1)N(CCc1ccccc1)SBr. The number of para-hydroxylation sites is 2. The van der Waals surface area contributed by atoms with Crippen molar-refractivity contribution >= 4 is 32.9 Å². The molecule has 7 heteroatoms. The first-order valence-corrected chi connectivity index (χ1v) is 12.5. The second kappa shape index (κ2) is 10.00. The molecule has 0 unspecified atom stereocenters. The summed E-state index contributed by atoms with van der Waals surface area (Å²) >= 11 is 3.36. The van der Waals surface area contributed by atoms with Gasteiger partial charge in [-0.2, -0.15) is 0 Å². The average molecular weight is 464 g/mol. The second-order valence-electron chi connectivity index (χ2n) is 5.66. The summed E-state index contributed by atoms with van der Waals surface area (Å²) in [7, 11) is -2.49. The van der Waals surface area contributed by atoms with Crippen molar-refractivity contribution in [3.8, 4) is 11.5 Å². The average Bonchev–Trinajstić information content (AvgIpc) is 2.70. The van der Waals surface area contributed by atoms with Crippen molar-refractivity contribution in [2.45, 2.75) is 6.42 Å². The van der Waals surface area contributed by atoms with Gasteiger partial charge in [-0.1, -0.05) is 66.7 Å². The highest BCUT2D eigenvalue weighted by atomic mass is 79.9. The molecule has 3 aromatic rings. The third-order valence-corrected chi connectivity index (χ3v) is 8.25. The predicted octanol–water partition coefficient (Wildman–Crippen LogP) is 6.76. The van der Waals surface area contributed by atoms with Crippen LogP contribution < -0.4 is 9.05 Å². The Bertz CT molecular complexity index is 823. The summed E-state index contributed by atoms with van der Waals surface area (Å²) in [6, 6.07) is 28.1. The van der Waals surface area contributed by atoms with Crippen molar-refractivity contribution in [2.75, 3.05) is 6.54 Å². The van der Waals surface area contributed by atoms with Gasteiger partial charge in [0.05, 0.1) is 0 Å². The van der Waals surface area contributed by atoms with E-state index in [-0.39, 0.29) is 0 Å². The fourth-order valence-electron chi connectivity index (χ4n) is 2.40. The number of halogens is 1. The van der Waals surface area contributed by atoms with Crippen LogP contribution in [0.15, 0.2) is 91.0 Å². The zero-order valence-corrected chi connectivity index (χ0v) is 17.8. The standard InChI is InChI=1S/C20H19BrNO3PS/c21-27-22(17-16-18-10-4-1-5-11-18)26(23,24-19-12-6-2-7-13-19)25-20-14-8-3-9-15-20/h1-15H,16-17H2. The molecule has 0 aliphatic rings. The maximum Gasteiger partial charge on any atom is 0.526 e. The van der Waals surface area contributed by atoms with Gasteiger partial charge in [-0.25, -0.2) is 4.57 Å². The molecule has 3 aromatic carbocycles. The van der Waals surface area contributed by atoms with Gasteiger partial charge in [0.1, 0.15) is 11.5 Å². The molecule has 4 nitrogen and oxygen atoms in total. The fourth-order valence-corrected chi connectivity index (χ4v) is 6.27. The number of hydrogen-bond acceptors (Lipinski definition) is 4. The van der Waals surface area contributed by atoms with E-state index in [4.69, 9.17) is 9.05 Å². The van der Waals surface area contributed by atoms with E-state index in [2.05, 4.69) is 14.8 Å². The Balaban J connectivity index is 1.83. The Hall–Kier alpha value is -1.72. The van der Waals surface area contributed by atoms with Gasteiger partial charge in [-0.3, -0.25) is 0 Å². The lowest BCUT2D eigenvalue weighted by atomic mass is 10.2. The monoisotopic (exact) mass is 463 g/mol. The number of nitrogens with zero attached hydrogens (tertiary/aromatic N) is 1. The summed E-state index contributed by atoms with van der Waals surface area (Å²) in [5.41, 5.74) is 1.15. The van der Waals surface area contributed by atoms with Crippen LogP contribution in [0.5, 0.6) is 11.5 Å². The minimum Gasteiger partial charge on any atom is -0.404 e. The van der Waals surface area contributed by atoms with E-state index in [9.17, 15) is 4.57 Å². The van der Waals surface area contributed by atoms with E-state index in [1.807, 2.05) is 66.7 Å². The third kappa shape index (κ3) is 5.88. The Morgan fingerprint density at radius 2 is 1.22 bits per heavy atom. The molecule has 0 aliphatic heterocycles. The molecule has 0 aromatic heterocycles. The van der Waals surface area contributed by atoms with Crippen molar-refractivity contribution in [1.82, 2.24) is 4.08 Å². The van der Waals surface area contributed by atoms with Crippen molar-refractivity contribution in [2.24, 2.45) is 0 Å². The molecule has 27 heavy (non-hydrogen) atoms. The molecule has 0 radical (unpaired) electrons. The fraction of sp³-hybridized carbons (Fsp3) is 0.100. The molecular formula is C20H19BrNO3PS. The van der Waals surface area contributed by atoms with E-state index < -0.39 is 7.75 Å². The van der Waals surface area contributed by atoms with Gasteiger partial charge in [0.2, 0.25) is 0 Å². The quantitative estimate of drug-likeness (QED) is 0.259. The first-order chi connectivity index (χ1) is 13.2. The zero-order valence-electron chi connectivity index (χ0n) is 14.5. The van der Waals surface area contributed by atoms with Crippen LogP contribution in [0.3, 0.4) is 0 Å². The highest BCUT2D eigenvalue weighted by Crippen LogP contribution is 2.56. The van der Waals surface area contributed by atoms with Gasteiger partial charge in [-0.15, -0.1) is 4.08 Å². The lowest BCUT2D eigenvalue weighted by Gasteiger charge is -2.27. The van der Waals surface area contributed by atoms with E-state index >= 15 is 0 Å². The van der Waals surface area contributed by atoms with E-state index in [1.165, 1.54) is 10.4 Å². The van der Waals surface area contributed by atoms with E-state index in [1.54, 1.807) is 28.3 Å². The summed E-state index contributed by atoms with van der Waals surface area (Å²) in [4.78, 5) is 0. The molecule has 0 fully saturated rings. The summed E-state index contributed by atoms with van der Waals surface area (Å²) < 4.78 is 27.1. The lowest BCUT2D eigenvalue weighted by Crippen LogP contribution is -2.21. The van der Waals surface area contributed by atoms with Gasteiger partial charge < -0.3 is 9.05 Å². The molecule has 0 spiro atoms. The van der Waals surface area contributed by atoms with Crippen LogP contribution in [-0.2, 0) is 11.0 Å². The highest BCUT2D eigenvalue weighted by Gasteiger charge is 2.37. The number of rotatable bonds is 9. The lowest BCUT2D eigenvalue weighted by molar-refractivity contribution is 0.342. The highest BCUT2D eigenvalue weighted by molar-refractivity contribution is 9.49. The van der Waals surface area contributed by atoms with E-state index in [0.29, 0.717) is 24.5 Å². The maximum atomic E-state index is 13.7. The van der Waals surface area contributed by atoms with Crippen molar-refractivity contribution in [3.63, 3.8) is 0 Å². The van der Waals surface area contributed by atoms with Crippen LogP contribution in [0.25, 0.3) is 0 Å². The molecule has 0 saturated carbocycles. The zero-order chi connectivity index (χ0) is 19.0. The summed E-state index contributed by atoms with van der Waals surface area (Å²) in [5.74, 6) is 0.978. The van der Waals surface area contributed by atoms with E-state index in [0.717, 1.165) is 5.56 Å². The van der Waals surface area contributed by atoms with Gasteiger partial charge in [0.25, 0.3) is 0 Å². The minimum absolute atomic E-state index is 0.483. The smallest absolute Gasteiger partial charge is 0.404 e. The van der Waals surface area contributed by atoms with Crippen LogP contribution in [0.2, 0.25) is 0 Å². The Kier molecular flexibility index (Phi) is 7.41. The molecular weight excluding hydrogens is 445 g/mol. The van der Waals surface area contributed by atoms with Crippen molar-refractivity contribution in [1.29, 1.82) is 0 Å². The van der Waals surface area contributed by atoms with Crippen LogP contribution in [0, 0.1) is 0 Å². The van der Waals surface area contributed by atoms with Gasteiger partial charge in [-0.05, 0) is 36.2 Å². The van der Waals surface area contributed by atoms with Crippen molar-refractivity contribution < 1.29 is 13.6 Å². The molecule has 0 heterocycles. The Morgan fingerprint density at radius 1 is 0.778 bits per heavy atom. The second-order valence-corrected chi connectivity index (χ2v) is 9.16. The molecule has 0 N–H and O–H groups in total. The Labute approximate surface area is 171 Å². The number of benzene rings is 3. The first kappa shape index (κ1) is 20.0. The first-order valence-electron chi connectivity index (χ1n) is 8.39. The largest absolute Gasteiger partial charge is 0.526 e. The van der Waals surface area contributed by atoms with Crippen LogP contribution in [0.4, 0.5) is 0 Å². The summed E-state index contributed by atoms with van der Waals surface area (Å²) in [6.45, 7) is 0.483. The topological polar surface area (TPSA) is 38.8 Å². The third-order valence-electron chi connectivity index (χ3n) is 3.72. The molecule has 0 atom stereocenters. The minimum atomic E-state index is -3.66. The molecule has 140 valence electrons. The Morgan fingerprint density at radius 3 is 1.67 bits per heavy atom. The molecule has 0 aliphatic carbocycles. The molecule has 3 rings (SSSR count). The summed E-state index contributed by atoms with van der Waals surface area (Å²) in [5, 5.41) is 0. The summed E-state index contributed by atoms with van der Waals surface area (Å²) in [6.07, 6.45) is 0.708. The molecule has 0 saturated heterocycles. The normalized spacial score (nSPS) is 11.3. The van der Waals surface area contributed by atoms with Crippen LogP contribution >= 0.6 is 32.9 Å². The van der Waals surface area contributed by atoms with Crippen LogP contribution in [-0.4, -0.2) is 10.6 Å².